The van der Waals surface area contributed by atoms with E-state index >= 15 is 0 Å². The lowest BCUT2D eigenvalue weighted by atomic mass is 9.97. The number of fused-ring (bicyclic) bond motifs is 1. The summed E-state index contributed by atoms with van der Waals surface area (Å²) < 4.78 is 7.53. The maximum atomic E-state index is 13.1. The second-order valence-electron chi connectivity index (χ2n) is 8.89. The Morgan fingerprint density at radius 2 is 1.97 bits per heavy atom. The lowest BCUT2D eigenvalue weighted by Crippen LogP contribution is -2.43. The van der Waals surface area contributed by atoms with Gasteiger partial charge in [0.05, 0.1) is 23.6 Å². The van der Waals surface area contributed by atoms with Gasteiger partial charge in [0.2, 0.25) is 5.91 Å². The lowest BCUT2D eigenvalue weighted by Gasteiger charge is -2.33. The van der Waals surface area contributed by atoms with Gasteiger partial charge in [-0.15, -0.1) is 5.10 Å². The van der Waals surface area contributed by atoms with Gasteiger partial charge in [0.15, 0.2) is 5.65 Å². The van der Waals surface area contributed by atoms with Crippen molar-refractivity contribution in [1.29, 1.82) is 0 Å². The number of hydrogen-bond acceptors (Lipinski definition) is 6. The SMILES string of the molecule is CCOc1ccccc1CNC(=O)[C@@H]1CCCN(c2ncnc3nn(-c4ccc(C)cc4)cc23)C1. The van der Waals surface area contributed by atoms with Gasteiger partial charge in [-0.05, 0) is 44.9 Å². The number of nitrogens with zero attached hydrogens (tertiary/aromatic N) is 5. The van der Waals surface area contributed by atoms with Crippen molar-refractivity contribution in [3.63, 3.8) is 0 Å². The quantitative estimate of drug-likeness (QED) is 0.439. The van der Waals surface area contributed by atoms with Gasteiger partial charge in [-0.3, -0.25) is 4.79 Å². The van der Waals surface area contributed by atoms with Crippen molar-refractivity contribution in [2.45, 2.75) is 33.2 Å². The topological polar surface area (TPSA) is 85.2 Å². The highest BCUT2D eigenvalue weighted by Gasteiger charge is 2.28. The summed E-state index contributed by atoms with van der Waals surface area (Å²) in [7, 11) is 0. The molecule has 8 nitrogen and oxygen atoms in total. The predicted octanol–water partition coefficient (Wildman–Crippen LogP) is 4.06. The van der Waals surface area contributed by atoms with Crippen molar-refractivity contribution in [2.24, 2.45) is 5.92 Å². The minimum absolute atomic E-state index is 0.0571. The molecule has 1 N–H and O–H groups in total. The first-order valence-electron chi connectivity index (χ1n) is 12.1. The second-order valence-corrected chi connectivity index (χ2v) is 8.89. The molecule has 0 radical (unpaired) electrons. The number of rotatable bonds is 7. The number of anilines is 1. The molecule has 1 aliphatic heterocycles. The number of aromatic nitrogens is 4. The van der Waals surface area contributed by atoms with Gasteiger partial charge in [0.25, 0.3) is 0 Å². The summed E-state index contributed by atoms with van der Waals surface area (Å²) in [6.07, 6.45) is 5.31. The van der Waals surface area contributed by atoms with Crippen molar-refractivity contribution >= 4 is 22.8 Å². The van der Waals surface area contributed by atoms with E-state index in [1.807, 2.05) is 54.2 Å². The van der Waals surface area contributed by atoms with Crippen molar-refractivity contribution in [3.05, 3.63) is 72.2 Å². The first kappa shape index (κ1) is 22.8. The lowest BCUT2D eigenvalue weighted by molar-refractivity contribution is -0.125. The van der Waals surface area contributed by atoms with E-state index in [0.717, 1.165) is 47.6 Å². The van der Waals surface area contributed by atoms with E-state index in [1.165, 1.54) is 5.56 Å². The minimum atomic E-state index is -0.111. The Morgan fingerprint density at radius 1 is 1.14 bits per heavy atom. The average molecular weight is 471 g/mol. The van der Waals surface area contributed by atoms with E-state index in [2.05, 4.69) is 44.3 Å². The molecule has 1 fully saturated rings. The highest BCUT2D eigenvalue weighted by atomic mass is 16.5. The number of hydrogen-bond donors (Lipinski definition) is 1. The highest BCUT2D eigenvalue weighted by Crippen LogP contribution is 2.28. The Hall–Kier alpha value is -3.94. The third-order valence-corrected chi connectivity index (χ3v) is 6.41. The highest BCUT2D eigenvalue weighted by molar-refractivity contribution is 5.87. The van der Waals surface area contributed by atoms with Gasteiger partial charge in [-0.1, -0.05) is 35.9 Å². The molecule has 0 saturated carbocycles. The molecule has 3 heterocycles. The van der Waals surface area contributed by atoms with Crippen LogP contribution in [-0.4, -0.2) is 45.4 Å². The Morgan fingerprint density at radius 3 is 2.80 bits per heavy atom. The molecule has 0 spiro atoms. The summed E-state index contributed by atoms with van der Waals surface area (Å²) in [5, 5.41) is 8.66. The molecular weight excluding hydrogens is 440 g/mol. The monoisotopic (exact) mass is 470 g/mol. The van der Waals surface area contributed by atoms with Crippen molar-refractivity contribution in [2.75, 3.05) is 24.6 Å². The third-order valence-electron chi connectivity index (χ3n) is 6.41. The van der Waals surface area contributed by atoms with Crippen LogP contribution in [-0.2, 0) is 11.3 Å². The number of carbonyl (C=O) groups excluding carboxylic acids is 1. The van der Waals surface area contributed by atoms with Crippen LogP contribution in [0.25, 0.3) is 16.7 Å². The molecule has 0 bridgehead atoms. The molecule has 4 aromatic rings. The van der Waals surface area contributed by atoms with Crippen LogP contribution in [0.15, 0.2) is 61.1 Å². The molecule has 1 amide bonds. The zero-order valence-corrected chi connectivity index (χ0v) is 20.1. The molecule has 5 rings (SSSR count). The molecule has 8 heteroatoms. The molecule has 2 aromatic heterocycles. The van der Waals surface area contributed by atoms with E-state index in [9.17, 15) is 4.79 Å². The van der Waals surface area contributed by atoms with Crippen LogP contribution in [0.2, 0.25) is 0 Å². The van der Waals surface area contributed by atoms with E-state index in [4.69, 9.17) is 4.74 Å². The molecule has 0 unspecified atom stereocenters. The first-order chi connectivity index (χ1) is 17.1. The van der Waals surface area contributed by atoms with E-state index in [1.54, 1.807) is 6.33 Å². The molecule has 1 saturated heterocycles. The Kier molecular flexibility index (Phi) is 6.61. The Bertz CT molecular complexity index is 1320. The van der Waals surface area contributed by atoms with E-state index in [-0.39, 0.29) is 11.8 Å². The fraction of sp³-hybridized carbons (Fsp3) is 0.333. The standard InChI is InChI=1S/C27H30N6O2/c1-3-35-24-9-5-4-7-20(24)15-28-27(34)21-8-6-14-32(16-21)26-23-17-33(31-25(23)29-18-30-26)22-12-10-19(2)11-13-22/h4-5,7,9-13,17-18,21H,3,6,8,14-16H2,1-2H3,(H,28,34)/t21-/m1/s1. The van der Waals surface area contributed by atoms with Gasteiger partial charge < -0.3 is 15.0 Å². The maximum absolute atomic E-state index is 13.1. The van der Waals surface area contributed by atoms with Crippen molar-refractivity contribution < 1.29 is 9.53 Å². The third kappa shape index (κ3) is 4.96. The Balaban J connectivity index is 1.31. The number of ether oxygens (including phenoxy) is 1. The van der Waals surface area contributed by atoms with Gasteiger partial charge in [-0.25, -0.2) is 14.6 Å². The second kappa shape index (κ2) is 10.1. The minimum Gasteiger partial charge on any atom is -0.494 e. The first-order valence-corrected chi connectivity index (χ1v) is 12.1. The number of para-hydroxylation sites is 1. The summed E-state index contributed by atoms with van der Waals surface area (Å²) >= 11 is 0. The number of nitrogens with one attached hydrogen (secondary N) is 1. The van der Waals surface area contributed by atoms with E-state index < -0.39 is 0 Å². The molecule has 2 aromatic carbocycles. The van der Waals surface area contributed by atoms with Crippen LogP contribution < -0.4 is 15.0 Å². The summed E-state index contributed by atoms with van der Waals surface area (Å²) in [6.45, 7) is 6.52. The van der Waals surface area contributed by atoms with Crippen LogP contribution in [0.1, 0.15) is 30.9 Å². The fourth-order valence-corrected chi connectivity index (χ4v) is 4.56. The molecule has 1 atom stereocenters. The molecule has 1 aliphatic rings. The van der Waals surface area contributed by atoms with Gasteiger partial charge >= 0.3 is 0 Å². The van der Waals surface area contributed by atoms with Crippen molar-refractivity contribution in [1.82, 2.24) is 25.1 Å². The Labute approximate surface area is 205 Å². The number of piperidine rings is 1. The van der Waals surface area contributed by atoms with Crippen LogP contribution >= 0.6 is 0 Å². The molecule has 180 valence electrons. The van der Waals surface area contributed by atoms with Gasteiger partial charge in [-0.2, -0.15) is 0 Å². The number of carbonyl (C=O) groups is 1. The normalized spacial score (nSPS) is 15.8. The molecule has 0 aliphatic carbocycles. The smallest absolute Gasteiger partial charge is 0.225 e. The van der Waals surface area contributed by atoms with E-state index in [0.29, 0.717) is 25.3 Å². The zero-order valence-electron chi connectivity index (χ0n) is 20.1. The number of amides is 1. The van der Waals surface area contributed by atoms with Crippen molar-refractivity contribution in [3.8, 4) is 11.4 Å². The number of benzene rings is 2. The zero-order chi connectivity index (χ0) is 24.2. The summed E-state index contributed by atoms with van der Waals surface area (Å²) in [5.41, 5.74) is 3.80. The van der Waals surface area contributed by atoms with Gasteiger partial charge in [0, 0.05) is 31.4 Å². The average Bonchev–Trinajstić information content (AvgIpc) is 3.33. The summed E-state index contributed by atoms with van der Waals surface area (Å²) in [4.78, 5) is 24.2. The molecule has 35 heavy (non-hydrogen) atoms. The fourth-order valence-electron chi connectivity index (χ4n) is 4.56. The van der Waals surface area contributed by atoms with Gasteiger partial charge in [0.1, 0.15) is 17.9 Å². The van der Waals surface area contributed by atoms with Crippen LogP contribution in [0.4, 0.5) is 5.82 Å². The predicted molar refractivity (Wildman–Crippen MR) is 136 cm³/mol. The maximum Gasteiger partial charge on any atom is 0.225 e. The summed E-state index contributed by atoms with van der Waals surface area (Å²) in [6, 6.07) is 16.0. The van der Waals surface area contributed by atoms with Crippen LogP contribution in [0.3, 0.4) is 0 Å². The molecular formula is C27H30N6O2. The largest absolute Gasteiger partial charge is 0.494 e. The van der Waals surface area contributed by atoms with Crippen LogP contribution in [0.5, 0.6) is 5.75 Å². The summed E-state index contributed by atoms with van der Waals surface area (Å²) in [5.74, 6) is 1.59. The number of aryl methyl sites for hydroxylation is 1. The van der Waals surface area contributed by atoms with Crippen LogP contribution in [0, 0.1) is 12.8 Å².